The standard InChI is InChI=1S/2C12H14O5.2C11H12O5.C11H12O4S.2C8H10O5.C6H12O.C5H10O.C4H5N.C4H6O.C4H8O.C3H3N.C3H6O/c1-5(4-13)11(14)16-9-6-2-7-8(3-6)12(15)17-10(7)9;1-5(2)10(13)16-7-6-4-12(3)9(15-6)8(7)17-11(12)14;2*1-4(2)10(12)15-8-6-3-5-7(14-6)9(8)16-11(5)13;1-4(2)10(12)14-7-6-3-5-9(16-6)8(7)15-11(5)13;1-5(3-9)8(11)13-6-2-7(10)12-4-6;1-5(4-9)7(10)13-6-2-3-12-8(6)11;1-3-5-6-7-4-2;1-4-6-5(2)3;1-4(2)3-5;1-2-4-5-3-1;1-3-5-4-2;1-2-3-4;1-3-4-2/h6-10,13H,1-4H2;6-9H,1,4H2,2-3H3;3*5-9H,1,3H2,2H3;2*6,9H,1-4H2;4H,2-3,5-6H2,1H3;4-5H,1H2,2-3H3;1H2,2H3;1,3H,2,4H2;3H,1,4H2,2H3;2H,1H2;3H,1H2,2H3. The number of thioether (sulfide) groups is 1. The van der Waals surface area contributed by atoms with Gasteiger partial charge >= 0.3 is 83.6 Å². The summed E-state index contributed by atoms with van der Waals surface area (Å²) in [6, 6.07) is 3.53. The number of hydrogen-bond acceptors (Lipinski definition) is 42. The summed E-state index contributed by atoms with van der Waals surface area (Å²) >= 11 is 1.72. The second-order valence-corrected chi connectivity index (χ2v) is 36.6. The molecule has 0 radical (unpaired) electrons. The molecule has 42 heteroatoms. The first kappa shape index (κ1) is 122. The minimum Gasteiger partial charge on any atom is -0.505 e. The van der Waals surface area contributed by atoms with Crippen molar-refractivity contribution in [2.75, 3.05) is 60.0 Å². The van der Waals surface area contributed by atoms with E-state index in [-0.39, 0.29) is 185 Å². The lowest BCUT2D eigenvalue weighted by atomic mass is 9.76. The third-order valence-corrected chi connectivity index (χ3v) is 25.5. The average Bonchev–Trinajstić information content (AvgIpc) is 1.53. The zero-order chi connectivity index (χ0) is 108. The molecule has 0 aromatic rings. The molecule has 27 atom stereocenters. The van der Waals surface area contributed by atoms with Crippen LogP contribution in [0.4, 0.5) is 0 Å². The molecule has 27 unspecified atom stereocenters. The van der Waals surface area contributed by atoms with Crippen molar-refractivity contribution >= 4 is 95.3 Å². The van der Waals surface area contributed by atoms with Gasteiger partial charge in [0.2, 0.25) is 6.10 Å². The number of fused-ring (bicyclic) bond motifs is 5. The lowest BCUT2D eigenvalue weighted by Gasteiger charge is -2.25. The van der Waals surface area contributed by atoms with Gasteiger partial charge in [-0.3, -0.25) is 28.8 Å². The first-order valence-corrected chi connectivity index (χ1v) is 47.3. The largest absolute Gasteiger partial charge is 0.505 e. The molecule has 792 valence electrons. The van der Waals surface area contributed by atoms with E-state index in [9.17, 15) is 67.1 Å². The molecule has 18 aliphatic rings. The number of cyclic esters (lactones) is 2. The van der Waals surface area contributed by atoms with Gasteiger partial charge in [-0.1, -0.05) is 98.9 Å². The number of carbonyl (C=O) groups excluding carboxylic acids is 14. The third-order valence-electron chi connectivity index (χ3n) is 23.8. The Labute approximate surface area is 841 Å². The van der Waals surface area contributed by atoms with Crippen LogP contribution >= 0.6 is 11.8 Å². The normalized spacial score (nSPS) is 30.6. The molecule has 18 rings (SSSR count). The van der Waals surface area contributed by atoms with Crippen LogP contribution in [0.3, 0.4) is 0 Å². The molecule has 0 aromatic carbocycles. The van der Waals surface area contributed by atoms with E-state index >= 15 is 0 Å². The van der Waals surface area contributed by atoms with E-state index in [1.54, 1.807) is 65.8 Å². The van der Waals surface area contributed by atoms with Crippen LogP contribution in [0, 0.1) is 63.6 Å². The highest BCUT2D eigenvalue weighted by Crippen LogP contribution is 2.58. The smallest absolute Gasteiger partial charge is 0.347 e. The fourth-order valence-electron chi connectivity index (χ4n) is 16.7. The monoisotopic (exact) mass is 2040 g/mol. The fraction of sp³-hybridized carbons (Fsp3) is 0.569. The number of hydrogen-bond donors (Lipinski definition) is 3. The highest BCUT2D eigenvalue weighted by Gasteiger charge is 2.72. The number of esters is 14. The first-order chi connectivity index (χ1) is 68.2. The van der Waals surface area contributed by atoms with E-state index in [0.29, 0.717) is 53.5 Å². The number of unbranched alkanes of at least 4 members (excludes halogenated alkanes) is 1. The summed E-state index contributed by atoms with van der Waals surface area (Å²) in [7, 11) is 1.56. The topological polar surface area (TPSA) is 550 Å². The van der Waals surface area contributed by atoms with Gasteiger partial charge in [-0.25, -0.2) is 38.4 Å². The number of methoxy groups -OCH3 is 1. The van der Waals surface area contributed by atoms with E-state index in [1.165, 1.54) is 37.5 Å². The number of aliphatic hydroxyl groups excluding tert-OH is 3. The molecule has 144 heavy (non-hydrogen) atoms. The van der Waals surface area contributed by atoms with E-state index in [2.05, 4.69) is 111 Å². The lowest BCUT2D eigenvalue weighted by Crippen LogP contribution is -2.43. The van der Waals surface area contributed by atoms with Gasteiger partial charge in [0.25, 0.3) is 0 Å². The van der Waals surface area contributed by atoms with Gasteiger partial charge in [0, 0.05) is 63.9 Å². The van der Waals surface area contributed by atoms with Gasteiger partial charge in [0.1, 0.15) is 49.3 Å². The summed E-state index contributed by atoms with van der Waals surface area (Å²) in [5.41, 5.74) is 1.33. The Morgan fingerprint density at radius 2 is 0.993 bits per heavy atom. The van der Waals surface area contributed by atoms with Crippen molar-refractivity contribution < 1.29 is 187 Å². The van der Waals surface area contributed by atoms with E-state index in [1.807, 2.05) is 39.8 Å². The number of nitrogens with zero attached hydrogens (tertiary/aromatic N) is 2. The second kappa shape index (κ2) is 59.3. The molecule has 10 bridgehead atoms. The van der Waals surface area contributed by atoms with Crippen molar-refractivity contribution in [3.8, 4) is 12.1 Å². The van der Waals surface area contributed by atoms with Crippen LogP contribution in [0.1, 0.15) is 140 Å². The number of aliphatic hydroxyl groups is 3. The summed E-state index contributed by atoms with van der Waals surface area (Å²) in [6.45, 7) is 63.2. The van der Waals surface area contributed by atoms with Crippen molar-refractivity contribution in [2.45, 2.75) is 266 Å². The minimum atomic E-state index is -0.837. The number of carbonyl (C=O) groups is 14. The maximum absolute atomic E-state index is 11.7. The van der Waals surface area contributed by atoms with Crippen LogP contribution in [0.25, 0.3) is 0 Å². The Bertz CT molecular complexity index is 4640. The maximum atomic E-state index is 11.7. The lowest BCUT2D eigenvalue weighted by molar-refractivity contribution is -0.158. The van der Waals surface area contributed by atoms with Crippen molar-refractivity contribution in [3.05, 3.63) is 174 Å². The zero-order valence-corrected chi connectivity index (χ0v) is 83.9. The molecule has 2 aliphatic carbocycles. The Balaban J connectivity index is 0.000000280. The van der Waals surface area contributed by atoms with Gasteiger partial charge in [0.15, 0.2) is 48.8 Å². The van der Waals surface area contributed by atoms with E-state index in [4.69, 9.17) is 111 Å². The van der Waals surface area contributed by atoms with E-state index in [0.717, 1.165) is 51.9 Å². The molecule has 16 aliphatic heterocycles. The van der Waals surface area contributed by atoms with Crippen LogP contribution in [-0.2, 0) is 171 Å². The summed E-state index contributed by atoms with van der Waals surface area (Å²) in [6.07, 6.45) is 12.4. The van der Waals surface area contributed by atoms with Crippen LogP contribution < -0.4 is 0 Å². The molecule has 0 spiro atoms. The second-order valence-electron chi connectivity index (χ2n) is 35.2. The molecule has 3 N–H and O–H groups in total. The van der Waals surface area contributed by atoms with Crippen LogP contribution in [-0.4, -0.2) is 285 Å². The Hall–Kier alpha value is -13.0. The Kier molecular flexibility index (Phi) is 50.1. The summed E-state index contributed by atoms with van der Waals surface area (Å²) in [5, 5.41) is 41.6. The van der Waals surface area contributed by atoms with Crippen LogP contribution in [0.2, 0.25) is 0 Å². The molecule has 41 nitrogen and oxygen atoms in total. The molecule has 0 amide bonds. The van der Waals surface area contributed by atoms with Gasteiger partial charge in [-0.15, -0.1) is 11.8 Å². The molecule has 17 fully saturated rings. The molecular formula is C102H134N2O39S. The molecule has 15 saturated heterocycles. The predicted octanol–water partition coefficient (Wildman–Crippen LogP) is 8.82. The molecule has 2 saturated carbocycles. The number of ether oxygens (including phenoxy) is 22. The zero-order valence-electron chi connectivity index (χ0n) is 83.1. The Morgan fingerprint density at radius 1 is 0.528 bits per heavy atom. The highest BCUT2D eigenvalue weighted by atomic mass is 32.2. The summed E-state index contributed by atoms with van der Waals surface area (Å²) in [4.78, 5) is 158. The van der Waals surface area contributed by atoms with Gasteiger partial charge in [-0.05, 0) is 113 Å². The predicted molar refractivity (Wildman–Crippen MR) is 508 cm³/mol. The number of nitriles is 2. The SMILES string of the molecule is C1=COCC1.C=C(C)C#N.C=C(C)C(=O)OC1C2CC3(C)C(=O)OC1C3O2.C=C(C)C(=O)OC1C2CC3C(=O)OC1C3O2.C=C(C)C(=O)OC1C2CC3C(=O)OC1C3O2.C=C(C)C(=O)OC1C2CC3C(=O)OC1C3S2.C=C(CO)C(=O)OC1C2CC3C(=O)OC1C3C2.C=C(CO)C(=O)OC1CCOC1=O.C=C(CO)C(=O)OC1COC(=O)C1.C=CC#N.C=COC.C=COC(C)C.C=COCC.C=COCCCC. The van der Waals surface area contributed by atoms with Gasteiger partial charge in [0.05, 0.1) is 173 Å². The van der Waals surface area contributed by atoms with Crippen molar-refractivity contribution in [3.63, 3.8) is 0 Å². The van der Waals surface area contributed by atoms with Crippen LogP contribution in [0.15, 0.2) is 174 Å². The van der Waals surface area contributed by atoms with Gasteiger partial charge in [-0.2, -0.15) is 10.5 Å². The summed E-state index contributed by atoms with van der Waals surface area (Å²) < 4.78 is 111. The third kappa shape index (κ3) is 33.6. The Morgan fingerprint density at radius 3 is 1.38 bits per heavy atom. The first-order valence-electron chi connectivity index (χ1n) is 46.4. The quantitative estimate of drug-likeness (QED) is 0.0182. The average molecular weight is 2040 g/mol. The molecular weight excluding hydrogens is 1910 g/mol. The highest BCUT2D eigenvalue weighted by molar-refractivity contribution is 8.01. The minimum absolute atomic E-state index is 0.0148. The van der Waals surface area contributed by atoms with Gasteiger partial charge < -0.3 is 120 Å². The summed E-state index contributed by atoms with van der Waals surface area (Å²) in [5.74, 6) is -5.56. The van der Waals surface area contributed by atoms with Crippen molar-refractivity contribution in [1.29, 1.82) is 10.5 Å². The van der Waals surface area contributed by atoms with E-state index < -0.39 is 122 Å². The number of allylic oxidation sites excluding steroid dienone is 2. The van der Waals surface area contributed by atoms with Crippen LogP contribution in [0.5, 0.6) is 0 Å². The molecule has 0 aromatic heterocycles. The molecule has 16 heterocycles. The fourth-order valence-corrected chi connectivity index (χ4v) is 18.6. The number of rotatable bonds is 26. The van der Waals surface area contributed by atoms with Crippen molar-refractivity contribution in [2.24, 2.45) is 40.9 Å². The maximum Gasteiger partial charge on any atom is 0.347 e. The van der Waals surface area contributed by atoms with Crippen molar-refractivity contribution in [1.82, 2.24) is 0 Å².